The minimum Gasteiger partial charge on any atom is -0.310 e. The molecule has 0 bridgehead atoms. The fourth-order valence-electron chi connectivity index (χ4n) is 3.01. The molecule has 24 heavy (non-hydrogen) atoms. The lowest BCUT2D eigenvalue weighted by atomic mass is 9.42. The van der Waals surface area contributed by atoms with Crippen molar-refractivity contribution in [1.82, 2.24) is 0 Å². The summed E-state index contributed by atoms with van der Waals surface area (Å²) < 4.78 is 0. The molecule has 0 aliphatic rings. The zero-order chi connectivity index (χ0) is 17.7. The third-order valence-electron chi connectivity index (χ3n) is 4.46. The van der Waals surface area contributed by atoms with Crippen LogP contribution in [0.25, 0.3) is 0 Å². The molecule has 1 unspecified atom stereocenters. The lowest BCUT2D eigenvalue weighted by Gasteiger charge is -2.19. The molecule has 0 saturated carbocycles. The molecule has 0 fully saturated rings. The van der Waals surface area contributed by atoms with Gasteiger partial charge < -0.3 is 4.79 Å². The first kappa shape index (κ1) is 19.1. The van der Waals surface area contributed by atoms with Gasteiger partial charge in [-0.05, 0) is 49.0 Å². The first-order chi connectivity index (χ1) is 11.4. The average Bonchev–Trinajstić information content (AvgIpc) is 2.56. The molecule has 0 N–H and O–H groups in total. The van der Waals surface area contributed by atoms with Crippen LogP contribution in [0.3, 0.4) is 0 Å². The molecule has 0 aliphatic heterocycles. The van der Waals surface area contributed by atoms with Crippen LogP contribution in [0.5, 0.6) is 0 Å². The summed E-state index contributed by atoms with van der Waals surface area (Å²) in [4.78, 5) is 13.0. The van der Waals surface area contributed by atoms with E-state index >= 15 is 0 Å². The van der Waals surface area contributed by atoms with Crippen LogP contribution in [0, 0.1) is 6.92 Å². The highest BCUT2D eigenvalue weighted by atomic mass is 35.5. The Hall–Kier alpha value is -1.25. The van der Waals surface area contributed by atoms with Crippen molar-refractivity contribution in [2.24, 2.45) is 0 Å². The Morgan fingerprint density at radius 1 is 1.12 bits per heavy atom. The van der Waals surface area contributed by atoms with Gasteiger partial charge in [0.2, 0.25) is 6.71 Å². The zero-order valence-electron chi connectivity index (χ0n) is 14.5. The molecule has 126 valence electrons. The van der Waals surface area contributed by atoms with Gasteiger partial charge in [-0.3, -0.25) is 0 Å². The number of halogens is 2. The number of hydrogen-bond donors (Lipinski definition) is 0. The van der Waals surface area contributed by atoms with Crippen molar-refractivity contribution in [2.45, 2.75) is 45.8 Å². The highest BCUT2D eigenvalue weighted by Gasteiger charge is 2.27. The summed E-state index contributed by atoms with van der Waals surface area (Å²) in [5, 5.41) is 1.45. The number of aryl methyl sites for hydroxylation is 1. The largest absolute Gasteiger partial charge is 0.310 e. The van der Waals surface area contributed by atoms with Crippen molar-refractivity contribution < 1.29 is 4.79 Å². The van der Waals surface area contributed by atoms with E-state index in [9.17, 15) is 4.79 Å². The smallest absolute Gasteiger partial charge is 0.225 e. The SMILES string of the molecule is CCCC(C(=O)B(C)Cc1ccc(Cl)cc1)c1ccc(C)c(Cl)c1. The molecule has 0 saturated heterocycles. The molecule has 2 aromatic rings. The summed E-state index contributed by atoms with van der Waals surface area (Å²) in [5.74, 6) is -0.0876. The predicted molar refractivity (Wildman–Crippen MR) is 106 cm³/mol. The first-order valence-electron chi connectivity index (χ1n) is 8.46. The van der Waals surface area contributed by atoms with E-state index in [1.807, 2.05) is 56.2 Å². The van der Waals surface area contributed by atoms with Gasteiger partial charge in [-0.25, -0.2) is 0 Å². The second kappa shape index (κ2) is 8.73. The molecule has 1 atom stereocenters. The minimum atomic E-state index is -0.0876. The van der Waals surface area contributed by atoms with E-state index in [1.165, 1.54) is 0 Å². The molecule has 0 radical (unpaired) electrons. The predicted octanol–water partition coefficient (Wildman–Crippen LogP) is 6.20. The zero-order valence-corrected chi connectivity index (χ0v) is 16.0. The van der Waals surface area contributed by atoms with E-state index in [2.05, 4.69) is 6.92 Å². The minimum absolute atomic E-state index is 0.0391. The molecule has 2 rings (SSSR count). The number of hydrogen-bond acceptors (Lipinski definition) is 1. The second-order valence-electron chi connectivity index (χ2n) is 6.48. The van der Waals surface area contributed by atoms with Crippen molar-refractivity contribution in [3.8, 4) is 0 Å². The van der Waals surface area contributed by atoms with E-state index in [1.54, 1.807) is 0 Å². The van der Waals surface area contributed by atoms with E-state index in [-0.39, 0.29) is 18.3 Å². The molecule has 1 nitrogen and oxygen atoms in total. The molecule has 0 aliphatic carbocycles. The summed E-state index contributed by atoms with van der Waals surface area (Å²) >= 11 is 12.2. The van der Waals surface area contributed by atoms with E-state index in [0.29, 0.717) is 0 Å². The Morgan fingerprint density at radius 2 is 1.79 bits per heavy atom. The van der Waals surface area contributed by atoms with Crippen molar-refractivity contribution in [3.63, 3.8) is 0 Å². The van der Waals surface area contributed by atoms with Crippen LogP contribution in [0.2, 0.25) is 16.9 Å². The maximum absolute atomic E-state index is 13.0. The molecule has 0 spiro atoms. The summed E-state index contributed by atoms with van der Waals surface area (Å²) in [6, 6.07) is 13.7. The monoisotopic (exact) mass is 360 g/mol. The fraction of sp³-hybridized carbons (Fsp3) is 0.350. The van der Waals surface area contributed by atoms with Crippen LogP contribution in [0.1, 0.15) is 42.4 Å². The maximum atomic E-state index is 13.0. The third kappa shape index (κ3) is 4.88. The van der Waals surface area contributed by atoms with Crippen LogP contribution in [-0.4, -0.2) is 12.4 Å². The Labute approximate surface area is 155 Å². The van der Waals surface area contributed by atoms with Gasteiger partial charge in [-0.1, -0.05) is 73.2 Å². The third-order valence-corrected chi connectivity index (χ3v) is 5.12. The number of rotatable bonds is 7. The van der Waals surface area contributed by atoms with Gasteiger partial charge in [0, 0.05) is 16.0 Å². The van der Waals surface area contributed by atoms with Crippen molar-refractivity contribution in [3.05, 3.63) is 69.2 Å². The number of carbonyl (C=O) groups is 1. The van der Waals surface area contributed by atoms with Crippen LogP contribution in [0.4, 0.5) is 0 Å². The van der Waals surface area contributed by atoms with Crippen LogP contribution >= 0.6 is 23.2 Å². The van der Waals surface area contributed by atoms with Crippen molar-refractivity contribution in [1.29, 1.82) is 0 Å². The highest BCUT2D eigenvalue weighted by Crippen LogP contribution is 2.28. The summed E-state index contributed by atoms with van der Waals surface area (Å²) in [5.41, 5.74) is 3.49. The van der Waals surface area contributed by atoms with Crippen molar-refractivity contribution in [2.75, 3.05) is 0 Å². The van der Waals surface area contributed by atoms with Gasteiger partial charge in [-0.15, -0.1) is 0 Å². The van der Waals surface area contributed by atoms with E-state index in [0.717, 1.165) is 45.9 Å². The maximum Gasteiger partial charge on any atom is 0.225 e. The van der Waals surface area contributed by atoms with Gasteiger partial charge in [0.05, 0.1) is 5.68 Å². The van der Waals surface area contributed by atoms with Gasteiger partial charge in [0.25, 0.3) is 0 Å². The quantitative estimate of drug-likeness (QED) is 0.537. The Kier molecular flexibility index (Phi) is 6.95. The first-order valence-corrected chi connectivity index (χ1v) is 9.22. The van der Waals surface area contributed by atoms with Crippen LogP contribution in [0.15, 0.2) is 42.5 Å². The summed E-state index contributed by atoms with van der Waals surface area (Å²) in [7, 11) is 0. The Bertz CT molecular complexity index is 697. The summed E-state index contributed by atoms with van der Waals surface area (Å²) in [6.45, 7) is 6.06. The lowest BCUT2D eigenvalue weighted by molar-refractivity contribution is -0.113. The van der Waals surface area contributed by atoms with Gasteiger partial charge in [-0.2, -0.15) is 0 Å². The van der Waals surface area contributed by atoms with Crippen molar-refractivity contribution >= 4 is 35.6 Å². The number of carbonyl (C=O) groups excluding carboxylic acids is 1. The molecule has 2 aromatic carbocycles. The summed E-state index contributed by atoms with van der Waals surface area (Å²) in [6.07, 6.45) is 2.55. The topological polar surface area (TPSA) is 17.1 Å². The Balaban J connectivity index is 2.17. The lowest BCUT2D eigenvalue weighted by Crippen LogP contribution is -2.31. The molecular weight excluding hydrogens is 338 g/mol. The fourth-order valence-corrected chi connectivity index (χ4v) is 3.32. The van der Waals surface area contributed by atoms with Gasteiger partial charge >= 0.3 is 0 Å². The average molecular weight is 361 g/mol. The highest BCUT2D eigenvalue weighted by molar-refractivity contribution is 6.89. The van der Waals surface area contributed by atoms with Gasteiger partial charge in [0.15, 0.2) is 0 Å². The molecule has 0 heterocycles. The number of benzene rings is 2. The molecular formula is C20H23BCl2O. The Morgan fingerprint density at radius 3 is 2.38 bits per heavy atom. The second-order valence-corrected chi connectivity index (χ2v) is 7.33. The molecule has 4 heteroatoms. The normalized spacial score (nSPS) is 12.0. The van der Waals surface area contributed by atoms with Gasteiger partial charge in [0.1, 0.15) is 0 Å². The van der Waals surface area contributed by atoms with Crippen LogP contribution < -0.4 is 0 Å². The molecule has 0 amide bonds. The van der Waals surface area contributed by atoms with E-state index < -0.39 is 0 Å². The molecule has 0 aromatic heterocycles. The van der Waals surface area contributed by atoms with Crippen LogP contribution in [-0.2, 0) is 11.1 Å². The van der Waals surface area contributed by atoms with E-state index in [4.69, 9.17) is 23.2 Å². The standard InChI is InChI=1S/C20H23BCl2O/c1-4-5-18(16-9-6-14(2)19(23)12-16)20(24)21(3)13-15-7-10-17(22)11-8-15/h6-12,18H,4-5,13H2,1-3H3.